The van der Waals surface area contributed by atoms with Crippen LogP contribution in [0.4, 0.5) is 4.39 Å². The predicted octanol–water partition coefficient (Wildman–Crippen LogP) is 1.51. The lowest BCUT2D eigenvalue weighted by molar-refractivity contribution is 0.517. The van der Waals surface area contributed by atoms with Crippen molar-refractivity contribution in [2.75, 3.05) is 0 Å². The van der Waals surface area contributed by atoms with Crippen molar-refractivity contribution in [3.8, 4) is 12.0 Å². The number of aliphatic hydroxyl groups is 1. The van der Waals surface area contributed by atoms with Gasteiger partial charge in [0.2, 0.25) is 0 Å². The van der Waals surface area contributed by atoms with Crippen molar-refractivity contribution in [1.82, 2.24) is 0 Å². The van der Waals surface area contributed by atoms with E-state index >= 15 is 0 Å². The van der Waals surface area contributed by atoms with Crippen molar-refractivity contribution in [1.29, 1.82) is 0 Å². The molecule has 0 aromatic heterocycles. The second-order valence-electron chi connectivity index (χ2n) is 1.74. The molecule has 1 aromatic carbocycles. The highest BCUT2D eigenvalue weighted by Gasteiger charge is 1.87. The molecule has 0 spiro atoms. The Morgan fingerprint density at radius 1 is 1.20 bits per heavy atom. The Kier molecular flexibility index (Phi) is 1.91. The highest BCUT2D eigenvalue weighted by Crippen LogP contribution is 1.99. The normalized spacial score (nSPS) is 8.10. The number of hydrogen-bond acceptors (Lipinski definition) is 1. The van der Waals surface area contributed by atoms with Gasteiger partial charge in [0.15, 0.2) is 0 Å². The van der Waals surface area contributed by atoms with Gasteiger partial charge >= 0.3 is 0 Å². The first-order valence-electron chi connectivity index (χ1n) is 2.73. The Morgan fingerprint density at radius 3 is 2.30 bits per heavy atom. The fourth-order valence-electron chi connectivity index (χ4n) is 0.598. The Labute approximate surface area is 58.1 Å². The van der Waals surface area contributed by atoms with Crippen molar-refractivity contribution in [3.63, 3.8) is 0 Å². The SMILES string of the molecule is OC#Cc1ccc(F)cc1. The number of rotatable bonds is 0. The molecule has 1 nitrogen and oxygen atoms in total. The molecule has 1 rings (SSSR count). The summed E-state index contributed by atoms with van der Waals surface area (Å²) in [4.78, 5) is 0. The summed E-state index contributed by atoms with van der Waals surface area (Å²) in [6, 6.07) is 5.58. The van der Waals surface area contributed by atoms with Crippen LogP contribution in [-0.4, -0.2) is 5.11 Å². The molecular weight excluding hydrogens is 131 g/mol. The molecule has 0 aliphatic rings. The summed E-state index contributed by atoms with van der Waals surface area (Å²) in [7, 11) is 0. The van der Waals surface area contributed by atoms with Crippen LogP contribution < -0.4 is 0 Å². The van der Waals surface area contributed by atoms with Crippen molar-refractivity contribution in [2.24, 2.45) is 0 Å². The fourth-order valence-corrected chi connectivity index (χ4v) is 0.598. The molecule has 0 saturated carbocycles. The molecule has 0 fully saturated rings. The summed E-state index contributed by atoms with van der Waals surface area (Å²) in [5, 5.41) is 8.13. The van der Waals surface area contributed by atoms with Gasteiger partial charge in [0, 0.05) is 5.56 Å². The Bertz CT molecular complexity index is 266. The first-order valence-corrected chi connectivity index (χ1v) is 2.73. The molecule has 0 unspecified atom stereocenters. The fraction of sp³-hybridized carbons (Fsp3) is 0. The average Bonchev–Trinajstić information content (AvgIpc) is 1.95. The summed E-state index contributed by atoms with van der Waals surface area (Å²) >= 11 is 0. The van der Waals surface area contributed by atoms with Crippen molar-refractivity contribution in [3.05, 3.63) is 35.6 Å². The lowest BCUT2D eigenvalue weighted by atomic mass is 10.2. The van der Waals surface area contributed by atoms with Crippen LogP contribution in [0.1, 0.15) is 5.56 Å². The third-order valence-corrected chi connectivity index (χ3v) is 1.04. The van der Waals surface area contributed by atoms with Gasteiger partial charge < -0.3 is 5.11 Å². The van der Waals surface area contributed by atoms with E-state index in [0.29, 0.717) is 5.56 Å². The van der Waals surface area contributed by atoms with Crippen molar-refractivity contribution in [2.45, 2.75) is 0 Å². The van der Waals surface area contributed by atoms with Gasteiger partial charge in [-0.05, 0) is 30.2 Å². The van der Waals surface area contributed by atoms with E-state index in [4.69, 9.17) is 5.11 Å². The standard InChI is InChI=1S/C8H5FO/c9-8-3-1-7(2-4-8)5-6-10/h1-4,10H. The predicted molar refractivity (Wildman–Crippen MR) is 35.2 cm³/mol. The minimum absolute atomic E-state index is 0.302. The van der Waals surface area contributed by atoms with Crippen LogP contribution in [0.25, 0.3) is 0 Å². The summed E-state index contributed by atoms with van der Waals surface area (Å²) in [6.07, 6.45) is 1.73. The number of aliphatic hydroxyl groups excluding tert-OH is 1. The monoisotopic (exact) mass is 136 g/mol. The highest BCUT2D eigenvalue weighted by atomic mass is 19.1. The lowest BCUT2D eigenvalue weighted by Gasteiger charge is -1.86. The van der Waals surface area contributed by atoms with Gasteiger partial charge in [0.25, 0.3) is 0 Å². The summed E-state index contributed by atoms with van der Waals surface area (Å²) in [5.41, 5.74) is 0.601. The molecule has 2 heteroatoms. The van der Waals surface area contributed by atoms with Crippen LogP contribution in [0, 0.1) is 17.8 Å². The molecule has 0 radical (unpaired) electrons. The minimum Gasteiger partial charge on any atom is -0.462 e. The van der Waals surface area contributed by atoms with E-state index in [-0.39, 0.29) is 5.82 Å². The summed E-state index contributed by atoms with van der Waals surface area (Å²) < 4.78 is 12.2. The van der Waals surface area contributed by atoms with Gasteiger partial charge in [-0.3, -0.25) is 0 Å². The van der Waals surface area contributed by atoms with Crippen LogP contribution in [0.2, 0.25) is 0 Å². The first kappa shape index (κ1) is 6.63. The maximum absolute atomic E-state index is 12.2. The zero-order chi connectivity index (χ0) is 7.40. The maximum atomic E-state index is 12.2. The second kappa shape index (κ2) is 2.88. The highest BCUT2D eigenvalue weighted by molar-refractivity contribution is 5.32. The molecule has 0 saturated heterocycles. The average molecular weight is 136 g/mol. The van der Waals surface area contributed by atoms with Crippen molar-refractivity contribution < 1.29 is 9.50 Å². The quantitative estimate of drug-likeness (QED) is 0.536. The van der Waals surface area contributed by atoms with E-state index < -0.39 is 0 Å². The van der Waals surface area contributed by atoms with Crippen LogP contribution >= 0.6 is 0 Å². The van der Waals surface area contributed by atoms with Gasteiger partial charge in [-0.15, -0.1) is 0 Å². The minimum atomic E-state index is -0.302. The molecule has 0 bridgehead atoms. The molecule has 50 valence electrons. The number of halogens is 1. The first-order chi connectivity index (χ1) is 4.83. The number of benzene rings is 1. The Balaban J connectivity index is 2.97. The van der Waals surface area contributed by atoms with E-state index in [1.807, 2.05) is 0 Å². The maximum Gasteiger partial charge on any atom is 0.123 e. The van der Waals surface area contributed by atoms with E-state index in [2.05, 4.69) is 5.92 Å². The number of hydrogen-bond donors (Lipinski definition) is 1. The Morgan fingerprint density at radius 2 is 1.80 bits per heavy atom. The van der Waals surface area contributed by atoms with Gasteiger partial charge in [-0.25, -0.2) is 4.39 Å². The van der Waals surface area contributed by atoms with E-state index in [1.165, 1.54) is 24.3 Å². The molecule has 0 aliphatic carbocycles. The third-order valence-electron chi connectivity index (χ3n) is 1.04. The van der Waals surface area contributed by atoms with Gasteiger partial charge in [-0.1, -0.05) is 0 Å². The molecule has 1 aromatic rings. The van der Waals surface area contributed by atoms with E-state index in [1.54, 1.807) is 6.11 Å². The molecule has 0 atom stereocenters. The van der Waals surface area contributed by atoms with Crippen LogP contribution in [-0.2, 0) is 0 Å². The zero-order valence-electron chi connectivity index (χ0n) is 5.13. The van der Waals surface area contributed by atoms with Crippen molar-refractivity contribution >= 4 is 0 Å². The van der Waals surface area contributed by atoms with E-state index in [9.17, 15) is 4.39 Å². The topological polar surface area (TPSA) is 20.2 Å². The van der Waals surface area contributed by atoms with Crippen LogP contribution in [0.15, 0.2) is 24.3 Å². The van der Waals surface area contributed by atoms with Gasteiger partial charge in [0.1, 0.15) is 11.9 Å². The lowest BCUT2D eigenvalue weighted by Crippen LogP contribution is -1.74. The van der Waals surface area contributed by atoms with E-state index in [0.717, 1.165) is 0 Å². The molecular formula is C8H5FO. The summed E-state index contributed by atoms with van der Waals surface area (Å²) in [5.74, 6) is 2.07. The molecule has 10 heavy (non-hydrogen) atoms. The largest absolute Gasteiger partial charge is 0.462 e. The van der Waals surface area contributed by atoms with Gasteiger partial charge in [0.05, 0.1) is 0 Å². The zero-order valence-corrected chi connectivity index (χ0v) is 5.13. The smallest absolute Gasteiger partial charge is 0.123 e. The molecule has 0 aliphatic heterocycles. The third kappa shape index (κ3) is 1.49. The second-order valence-corrected chi connectivity index (χ2v) is 1.74. The summed E-state index contributed by atoms with van der Waals surface area (Å²) in [6.45, 7) is 0. The Hall–Kier alpha value is -1.49. The van der Waals surface area contributed by atoms with Crippen LogP contribution in [0.5, 0.6) is 0 Å². The van der Waals surface area contributed by atoms with Crippen LogP contribution in [0.3, 0.4) is 0 Å². The molecule has 0 amide bonds. The molecule has 1 N–H and O–H groups in total. The van der Waals surface area contributed by atoms with Gasteiger partial charge in [-0.2, -0.15) is 0 Å². The molecule has 0 heterocycles.